The van der Waals surface area contributed by atoms with Crippen molar-refractivity contribution in [3.63, 3.8) is 0 Å². The summed E-state index contributed by atoms with van der Waals surface area (Å²) >= 11 is 0. The molecule has 3 fully saturated rings. The van der Waals surface area contributed by atoms with Crippen LogP contribution in [0.1, 0.15) is 70.6 Å². The lowest BCUT2D eigenvalue weighted by atomic mass is 9.95. The van der Waals surface area contributed by atoms with Crippen molar-refractivity contribution in [2.75, 3.05) is 26.2 Å². The largest absolute Gasteiger partial charge is 0.335 e. The molecule has 0 aromatic carbocycles. The first-order valence-electron chi connectivity index (χ1n) is 9.62. The topological polar surface area (TPSA) is 35.6 Å². The van der Waals surface area contributed by atoms with Crippen molar-refractivity contribution in [3.8, 4) is 0 Å². The van der Waals surface area contributed by atoms with Crippen molar-refractivity contribution in [2.24, 2.45) is 0 Å². The predicted molar refractivity (Wildman–Crippen MR) is 90.0 cm³/mol. The average molecular weight is 307 g/mol. The molecule has 2 saturated heterocycles. The molecule has 0 bridgehead atoms. The van der Waals surface area contributed by atoms with Crippen molar-refractivity contribution in [3.05, 3.63) is 0 Å². The fourth-order valence-corrected chi connectivity index (χ4v) is 4.41. The maximum absolute atomic E-state index is 12.4. The lowest BCUT2D eigenvalue weighted by Gasteiger charge is -2.38. The van der Waals surface area contributed by atoms with Gasteiger partial charge in [-0.25, -0.2) is 4.79 Å². The lowest BCUT2D eigenvalue weighted by molar-refractivity contribution is 0.117. The van der Waals surface area contributed by atoms with Gasteiger partial charge < -0.3 is 15.1 Å². The second kappa shape index (κ2) is 8.19. The van der Waals surface area contributed by atoms with Crippen LogP contribution in [0.4, 0.5) is 4.79 Å². The molecule has 0 spiro atoms. The molecule has 2 heterocycles. The Morgan fingerprint density at radius 2 is 1.32 bits per heavy atom. The molecule has 2 aliphatic heterocycles. The van der Waals surface area contributed by atoms with E-state index in [0.29, 0.717) is 6.04 Å². The van der Waals surface area contributed by atoms with Gasteiger partial charge in [-0.05, 0) is 51.6 Å². The molecular formula is C18H33N3O. The van der Waals surface area contributed by atoms with Crippen LogP contribution in [0.3, 0.4) is 0 Å². The Labute approximate surface area is 135 Å². The highest BCUT2D eigenvalue weighted by molar-refractivity contribution is 5.74. The van der Waals surface area contributed by atoms with Crippen LogP contribution in [0.5, 0.6) is 0 Å². The van der Waals surface area contributed by atoms with Gasteiger partial charge in [0.2, 0.25) is 0 Å². The van der Waals surface area contributed by atoms with E-state index in [-0.39, 0.29) is 6.03 Å². The molecule has 0 aromatic heterocycles. The normalized spacial score (nSPS) is 26.6. The van der Waals surface area contributed by atoms with Gasteiger partial charge in [-0.1, -0.05) is 32.1 Å². The summed E-state index contributed by atoms with van der Waals surface area (Å²) in [6, 6.07) is 1.35. The third-order valence-corrected chi connectivity index (χ3v) is 5.84. The minimum Gasteiger partial charge on any atom is -0.335 e. The number of hydrogen-bond donors (Lipinski definition) is 1. The summed E-state index contributed by atoms with van der Waals surface area (Å²) in [6.07, 6.45) is 14.1. The molecule has 0 radical (unpaired) electrons. The second-order valence-corrected chi connectivity index (χ2v) is 7.45. The van der Waals surface area contributed by atoms with E-state index in [4.69, 9.17) is 0 Å². The third kappa shape index (κ3) is 4.37. The summed E-state index contributed by atoms with van der Waals surface area (Å²) in [5.74, 6) is 0. The molecule has 126 valence electrons. The number of amides is 2. The molecule has 22 heavy (non-hydrogen) atoms. The lowest BCUT2D eigenvalue weighted by Crippen LogP contribution is -2.51. The van der Waals surface area contributed by atoms with Gasteiger partial charge in [0, 0.05) is 25.2 Å². The Balaban J connectivity index is 1.41. The maximum atomic E-state index is 12.4. The highest BCUT2D eigenvalue weighted by Gasteiger charge is 2.28. The number of urea groups is 1. The van der Waals surface area contributed by atoms with Crippen LogP contribution in [0.25, 0.3) is 0 Å². The van der Waals surface area contributed by atoms with Crippen molar-refractivity contribution in [1.82, 2.24) is 15.1 Å². The summed E-state index contributed by atoms with van der Waals surface area (Å²) in [6.45, 7) is 4.44. The maximum Gasteiger partial charge on any atom is 0.317 e. The van der Waals surface area contributed by atoms with Crippen molar-refractivity contribution in [1.29, 1.82) is 0 Å². The number of nitrogens with one attached hydrogen (secondary N) is 1. The zero-order chi connectivity index (χ0) is 15.2. The molecule has 0 unspecified atom stereocenters. The van der Waals surface area contributed by atoms with Crippen molar-refractivity contribution >= 4 is 6.03 Å². The summed E-state index contributed by atoms with van der Waals surface area (Å²) < 4.78 is 0. The van der Waals surface area contributed by atoms with E-state index < -0.39 is 0 Å². The van der Waals surface area contributed by atoms with Gasteiger partial charge in [0.15, 0.2) is 0 Å². The Morgan fingerprint density at radius 3 is 1.95 bits per heavy atom. The number of nitrogens with zero attached hydrogens (tertiary/aromatic N) is 2. The summed E-state index contributed by atoms with van der Waals surface area (Å²) in [4.78, 5) is 17.2. The first kappa shape index (κ1) is 16.1. The van der Waals surface area contributed by atoms with Crippen LogP contribution in [0.15, 0.2) is 0 Å². The minimum absolute atomic E-state index is 0.196. The van der Waals surface area contributed by atoms with E-state index in [9.17, 15) is 4.79 Å². The average Bonchev–Trinajstić information content (AvgIpc) is 2.85. The van der Waals surface area contributed by atoms with Crippen LogP contribution in [0.2, 0.25) is 0 Å². The Hall–Kier alpha value is -0.770. The predicted octanol–water partition coefficient (Wildman–Crippen LogP) is 3.37. The molecule has 3 aliphatic rings. The zero-order valence-corrected chi connectivity index (χ0v) is 14.1. The van der Waals surface area contributed by atoms with Crippen LogP contribution < -0.4 is 5.32 Å². The zero-order valence-electron chi connectivity index (χ0n) is 14.1. The van der Waals surface area contributed by atoms with E-state index in [1.807, 2.05) is 0 Å². The Kier molecular flexibility index (Phi) is 5.99. The first-order valence-corrected chi connectivity index (χ1v) is 9.62. The SMILES string of the molecule is O=C(NC1CCCCC1)N1CCC(N2CCCCCC2)CC1. The van der Waals surface area contributed by atoms with E-state index in [1.54, 1.807) is 0 Å². The van der Waals surface area contributed by atoms with Gasteiger partial charge in [-0.3, -0.25) is 0 Å². The standard InChI is InChI=1S/C18H33N3O/c22-18(19-16-8-4-3-5-9-16)21-14-10-17(11-15-21)20-12-6-1-2-7-13-20/h16-17H,1-15H2,(H,19,22). The molecule has 4 nitrogen and oxygen atoms in total. The minimum atomic E-state index is 0.196. The summed E-state index contributed by atoms with van der Waals surface area (Å²) in [5, 5.41) is 3.27. The fraction of sp³-hybridized carbons (Fsp3) is 0.944. The van der Waals surface area contributed by atoms with E-state index in [0.717, 1.165) is 32.0 Å². The Morgan fingerprint density at radius 1 is 0.727 bits per heavy atom. The van der Waals surface area contributed by atoms with Gasteiger partial charge in [0.1, 0.15) is 0 Å². The first-order chi connectivity index (χ1) is 10.8. The highest BCUT2D eigenvalue weighted by Crippen LogP contribution is 2.22. The molecule has 1 saturated carbocycles. The molecule has 1 aliphatic carbocycles. The van der Waals surface area contributed by atoms with Gasteiger partial charge in [0.25, 0.3) is 0 Å². The number of likely N-dealkylation sites (tertiary alicyclic amines) is 2. The van der Waals surface area contributed by atoms with E-state index in [2.05, 4.69) is 15.1 Å². The molecule has 0 aromatic rings. The number of carbonyl (C=O) groups excluding carboxylic acids is 1. The smallest absolute Gasteiger partial charge is 0.317 e. The molecule has 2 amide bonds. The van der Waals surface area contributed by atoms with Gasteiger partial charge >= 0.3 is 6.03 Å². The highest BCUT2D eigenvalue weighted by atomic mass is 16.2. The van der Waals surface area contributed by atoms with Crippen molar-refractivity contribution < 1.29 is 4.79 Å². The van der Waals surface area contributed by atoms with Crippen LogP contribution >= 0.6 is 0 Å². The van der Waals surface area contributed by atoms with Crippen LogP contribution in [0, 0.1) is 0 Å². The molecule has 4 heteroatoms. The summed E-state index contributed by atoms with van der Waals surface area (Å²) in [5.41, 5.74) is 0. The molecule has 1 N–H and O–H groups in total. The molecule has 0 atom stereocenters. The van der Waals surface area contributed by atoms with Gasteiger partial charge in [-0.2, -0.15) is 0 Å². The number of piperidine rings is 1. The molecular weight excluding hydrogens is 274 g/mol. The van der Waals surface area contributed by atoms with E-state index in [1.165, 1.54) is 70.9 Å². The van der Waals surface area contributed by atoms with Gasteiger partial charge in [-0.15, -0.1) is 0 Å². The quantitative estimate of drug-likeness (QED) is 0.849. The number of rotatable bonds is 2. The number of carbonyl (C=O) groups is 1. The third-order valence-electron chi connectivity index (χ3n) is 5.84. The summed E-state index contributed by atoms with van der Waals surface area (Å²) in [7, 11) is 0. The molecule has 3 rings (SSSR count). The monoisotopic (exact) mass is 307 g/mol. The van der Waals surface area contributed by atoms with Crippen LogP contribution in [-0.4, -0.2) is 54.1 Å². The van der Waals surface area contributed by atoms with Crippen LogP contribution in [-0.2, 0) is 0 Å². The van der Waals surface area contributed by atoms with Crippen molar-refractivity contribution in [2.45, 2.75) is 82.7 Å². The van der Waals surface area contributed by atoms with E-state index >= 15 is 0 Å². The van der Waals surface area contributed by atoms with Gasteiger partial charge in [0.05, 0.1) is 0 Å². The second-order valence-electron chi connectivity index (χ2n) is 7.45. The Bertz CT molecular complexity index is 338. The number of hydrogen-bond acceptors (Lipinski definition) is 2. The fourth-order valence-electron chi connectivity index (χ4n) is 4.41.